The molecule has 19 heavy (non-hydrogen) atoms. The van der Waals surface area contributed by atoms with Crippen molar-refractivity contribution < 1.29 is 17.9 Å². The molecule has 0 amide bonds. The fourth-order valence-electron chi connectivity index (χ4n) is 1.60. The molecule has 1 aromatic rings. The van der Waals surface area contributed by atoms with Gasteiger partial charge in [-0.3, -0.25) is 0 Å². The lowest BCUT2D eigenvalue weighted by Crippen LogP contribution is -2.15. The predicted octanol–water partition coefficient (Wildman–Crippen LogP) is 3.92. The Hall–Kier alpha value is -0.940. The van der Waals surface area contributed by atoms with E-state index >= 15 is 0 Å². The highest BCUT2D eigenvalue weighted by Crippen LogP contribution is 2.27. The van der Waals surface area contributed by atoms with E-state index in [-0.39, 0.29) is 0 Å². The molecule has 0 unspecified atom stereocenters. The minimum Gasteiger partial charge on any atom is -0.492 e. The first-order chi connectivity index (χ1) is 8.94. The Balaban J connectivity index is 1.83. The van der Waals surface area contributed by atoms with E-state index in [0.717, 1.165) is 5.56 Å². The lowest BCUT2D eigenvalue weighted by atomic mass is 10.2. The lowest BCUT2D eigenvalue weighted by Gasteiger charge is -2.11. The van der Waals surface area contributed by atoms with Crippen LogP contribution in [0.5, 0.6) is 5.75 Å². The lowest BCUT2D eigenvalue weighted by molar-refractivity contribution is -0.139. The molecule has 2 nitrogen and oxygen atoms in total. The SMILES string of the molecule is FC(F)(F)CCOc1ccc(CNC2CC2)cc1Cl. The molecule has 6 heteroatoms. The highest BCUT2D eigenvalue weighted by molar-refractivity contribution is 6.32. The second-order valence-electron chi connectivity index (χ2n) is 4.63. The van der Waals surface area contributed by atoms with Crippen LogP contribution >= 0.6 is 11.6 Å². The number of alkyl halides is 3. The average molecular weight is 294 g/mol. The second kappa shape index (κ2) is 6.01. The van der Waals surface area contributed by atoms with Crippen molar-refractivity contribution in [2.75, 3.05) is 6.61 Å². The Morgan fingerprint density at radius 3 is 2.63 bits per heavy atom. The van der Waals surface area contributed by atoms with E-state index < -0.39 is 19.2 Å². The van der Waals surface area contributed by atoms with Crippen LogP contribution < -0.4 is 10.1 Å². The fourth-order valence-corrected chi connectivity index (χ4v) is 1.86. The summed E-state index contributed by atoms with van der Waals surface area (Å²) in [7, 11) is 0. The molecule has 0 heterocycles. The number of hydrogen-bond donors (Lipinski definition) is 1. The number of hydrogen-bond acceptors (Lipinski definition) is 2. The topological polar surface area (TPSA) is 21.3 Å². The summed E-state index contributed by atoms with van der Waals surface area (Å²) in [5, 5.41) is 3.68. The zero-order chi connectivity index (χ0) is 13.9. The van der Waals surface area contributed by atoms with Crippen molar-refractivity contribution in [3.63, 3.8) is 0 Å². The Morgan fingerprint density at radius 2 is 2.05 bits per heavy atom. The van der Waals surface area contributed by atoms with Crippen LogP contribution in [0.1, 0.15) is 24.8 Å². The summed E-state index contributed by atoms with van der Waals surface area (Å²) in [4.78, 5) is 0. The number of benzene rings is 1. The second-order valence-corrected chi connectivity index (χ2v) is 5.04. The van der Waals surface area contributed by atoms with E-state index in [1.54, 1.807) is 12.1 Å². The van der Waals surface area contributed by atoms with E-state index in [9.17, 15) is 13.2 Å². The van der Waals surface area contributed by atoms with Gasteiger partial charge in [-0.05, 0) is 30.5 Å². The van der Waals surface area contributed by atoms with Gasteiger partial charge in [-0.1, -0.05) is 17.7 Å². The van der Waals surface area contributed by atoms with Gasteiger partial charge >= 0.3 is 6.18 Å². The molecule has 2 rings (SSSR count). The molecular weight excluding hydrogens is 279 g/mol. The largest absolute Gasteiger partial charge is 0.492 e. The van der Waals surface area contributed by atoms with Gasteiger partial charge in [0.25, 0.3) is 0 Å². The molecule has 1 aromatic carbocycles. The van der Waals surface area contributed by atoms with Crippen molar-refractivity contribution in [1.29, 1.82) is 0 Å². The first kappa shape index (κ1) is 14.5. The molecule has 1 N–H and O–H groups in total. The van der Waals surface area contributed by atoms with Crippen molar-refractivity contribution in [2.45, 2.75) is 38.0 Å². The van der Waals surface area contributed by atoms with Gasteiger partial charge in [0.05, 0.1) is 18.1 Å². The van der Waals surface area contributed by atoms with Gasteiger partial charge < -0.3 is 10.1 Å². The van der Waals surface area contributed by atoms with Gasteiger partial charge in [0.2, 0.25) is 0 Å². The third-order valence-corrected chi connectivity index (χ3v) is 3.11. The van der Waals surface area contributed by atoms with Crippen LogP contribution in [0.2, 0.25) is 5.02 Å². The molecule has 0 atom stereocenters. The molecule has 1 saturated carbocycles. The number of rotatable bonds is 6. The molecule has 0 bridgehead atoms. The van der Waals surface area contributed by atoms with Crippen LogP contribution in [0.3, 0.4) is 0 Å². The first-order valence-corrected chi connectivity index (χ1v) is 6.53. The van der Waals surface area contributed by atoms with Gasteiger partial charge in [0, 0.05) is 12.6 Å². The molecule has 106 valence electrons. The van der Waals surface area contributed by atoms with Gasteiger partial charge in [-0.2, -0.15) is 13.2 Å². The molecule has 0 spiro atoms. The molecule has 1 aliphatic rings. The monoisotopic (exact) mass is 293 g/mol. The minimum atomic E-state index is -4.21. The minimum absolute atomic E-state index is 0.293. The quantitative estimate of drug-likeness (QED) is 0.858. The summed E-state index contributed by atoms with van der Waals surface area (Å²) >= 11 is 5.98. The van der Waals surface area contributed by atoms with Crippen LogP contribution in [0, 0.1) is 0 Å². The smallest absolute Gasteiger partial charge is 0.392 e. The summed E-state index contributed by atoms with van der Waals surface area (Å²) < 4.78 is 41.0. The zero-order valence-corrected chi connectivity index (χ0v) is 11.0. The molecule has 0 aromatic heterocycles. The van der Waals surface area contributed by atoms with Gasteiger partial charge in [-0.15, -0.1) is 0 Å². The van der Waals surface area contributed by atoms with Gasteiger partial charge in [0.1, 0.15) is 5.75 Å². The summed E-state index contributed by atoms with van der Waals surface area (Å²) in [6, 6.07) is 5.74. The van der Waals surface area contributed by atoms with E-state index in [1.807, 2.05) is 6.07 Å². The Labute approximate surface area is 114 Å². The first-order valence-electron chi connectivity index (χ1n) is 6.15. The Kier molecular flexibility index (Phi) is 4.58. The van der Waals surface area contributed by atoms with Gasteiger partial charge in [-0.25, -0.2) is 0 Å². The van der Waals surface area contributed by atoms with E-state index in [4.69, 9.17) is 16.3 Å². The standard InChI is InChI=1S/C13H15ClF3NO/c14-11-7-9(8-18-10-2-3-10)1-4-12(11)19-6-5-13(15,16)17/h1,4,7,10,18H,2-3,5-6,8H2. The maximum atomic E-state index is 12.0. The maximum Gasteiger partial charge on any atom is 0.392 e. The van der Waals surface area contributed by atoms with E-state index in [1.165, 1.54) is 12.8 Å². The van der Waals surface area contributed by atoms with Crippen LogP contribution in [0.4, 0.5) is 13.2 Å². The van der Waals surface area contributed by atoms with Crippen LogP contribution in [0.25, 0.3) is 0 Å². The molecule has 1 aliphatic carbocycles. The summed E-state index contributed by atoms with van der Waals surface area (Å²) in [5.74, 6) is 0.293. The van der Waals surface area contributed by atoms with Crippen LogP contribution in [0.15, 0.2) is 18.2 Å². The number of halogens is 4. The molecule has 0 radical (unpaired) electrons. The fraction of sp³-hybridized carbons (Fsp3) is 0.538. The maximum absolute atomic E-state index is 12.0. The van der Waals surface area contributed by atoms with Crippen LogP contribution in [-0.4, -0.2) is 18.8 Å². The van der Waals surface area contributed by atoms with E-state index in [2.05, 4.69) is 5.32 Å². The van der Waals surface area contributed by atoms with Gasteiger partial charge in [0.15, 0.2) is 0 Å². The zero-order valence-electron chi connectivity index (χ0n) is 10.3. The Bertz CT molecular complexity index is 432. The Morgan fingerprint density at radius 1 is 1.32 bits per heavy atom. The highest BCUT2D eigenvalue weighted by Gasteiger charge is 2.27. The predicted molar refractivity (Wildman–Crippen MR) is 67.5 cm³/mol. The number of nitrogens with one attached hydrogen (secondary N) is 1. The average Bonchev–Trinajstić information content (AvgIpc) is 3.11. The molecule has 0 saturated heterocycles. The van der Waals surface area contributed by atoms with Crippen molar-refractivity contribution in [2.24, 2.45) is 0 Å². The summed E-state index contributed by atoms with van der Waals surface area (Å²) in [6.45, 7) is 0.302. The van der Waals surface area contributed by atoms with Crippen molar-refractivity contribution >= 4 is 11.6 Å². The van der Waals surface area contributed by atoms with Crippen molar-refractivity contribution in [1.82, 2.24) is 5.32 Å². The molecular formula is C13H15ClF3NO. The van der Waals surface area contributed by atoms with Crippen molar-refractivity contribution in [3.8, 4) is 5.75 Å². The third kappa shape index (κ3) is 5.28. The van der Waals surface area contributed by atoms with Crippen LogP contribution in [-0.2, 0) is 6.54 Å². The molecule has 0 aliphatic heterocycles. The number of ether oxygens (including phenoxy) is 1. The third-order valence-electron chi connectivity index (χ3n) is 2.81. The van der Waals surface area contributed by atoms with Crippen molar-refractivity contribution in [3.05, 3.63) is 28.8 Å². The highest BCUT2D eigenvalue weighted by atomic mass is 35.5. The summed E-state index contributed by atoms with van der Waals surface area (Å²) in [5.41, 5.74) is 1.00. The summed E-state index contributed by atoms with van der Waals surface area (Å²) in [6.07, 6.45) is -2.78. The normalized spacial score (nSPS) is 15.6. The van der Waals surface area contributed by atoms with E-state index in [0.29, 0.717) is 23.4 Å². The molecule has 1 fully saturated rings.